The van der Waals surface area contributed by atoms with Gasteiger partial charge in [-0.15, -0.1) is 11.6 Å². The molecule has 0 aliphatic heterocycles. The monoisotopic (exact) mass is 260 g/mol. The van der Waals surface area contributed by atoms with E-state index in [0.29, 0.717) is 0 Å². The lowest BCUT2D eigenvalue weighted by Gasteiger charge is -2.06. The van der Waals surface area contributed by atoms with Crippen LogP contribution in [0.3, 0.4) is 0 Å². The second-order valence-corrected chi connectivity index (χ2v) is 3.31. The minimum Gasteiger partial charge on any atom is -0.494 e. The number of carboxylic acids is 1. The molecule has 0 fully saturated rings. The van der Waals surface area contributed by atoms with E-state index in [1.165, 1.54) is 7.11 Å². The van der Waals surface area contributed by atoms with Gasteiger partial charge in [-0.25, -0.2) is 14.2 Å². The fourth-order valence-electron chi connectivity index (χ4n) is 1.15. The lowest BCUT2D eigenvalue weighted by molar-refractivity contribution is 0.0697. The van der Waals surface area contributed by atoms with Crippen LogP contribution in [0.15, 0.2) is 17.1 Å². The molecule has 0 aliphatic rings. The SMILES string of the molecule is COc1cc(C(=O)O)c(N=C(N)CCl)cc1F. The number of carboxylic acid groups (broad SMARTS) is 1. The molecule has 1 aromatic rings. The van der Waals surface area contributed by atoms with Crippen molar-refractivity contribution in [3.63, 3.8) is 0 Å². The number of rotatable bonds is 4. The van der Waals surface area contributed by atoms with Crippen LogP contribution in [0, 0.1) is 5.82 Å². The van der Waals surface area contributed by atoms with Crippen molar-refractivity contribution >= 4 is 29.1 Å². The van der Waals surface area contributed by atoms with Crippen LogP contribution in [0.1, 0.15) is 10.4 Å². The Labute approximate surface area is 102 Å². The summed E-state index contributed by atoms with van der Waals surface area (Å²) in [4.78, 5) is 14.7. The summed E-state index contributed by atoms with van der Waals surface area (Å²) in [5, 5.41) is 8.94. The average molecular weight is 261 g/mol. The predicted molar refractivity (Wildman–Crippen MR) is 61.9 cm³/mol. The maximum Gasteiger partial charge on any atom is 0.338 e. The fraction of sp³-hybridized carbons (Fsp3) is 0.200. The maximum absolute atomic E-state index is 13.4. The molecule has 17 heavy (non-hydrogen) atoms. The molecule has 0 aromatic heterocycles. The van der Waals surface area contributed by atoms with Crippen molar-refractivity contribution in [3.8, 4) is 5.75 Å². The quantitative estimate of drug-likeness (QED) is 0.491. The summed E-state index contributed by atoms with van der Waals surface area (Å²) in [7, 11) is 1.24. The molecule has 1 aromatic carbocycles. The van der Waals surface area contributed by atoms with Crippen molar-refractivity contribution in [1.82, 2.24) is 0 Å². The maximum atomic E-state index is 13.4. The van der Waals surface area contributed by atoms with Gasteiger partial charge in [0.25, 0.3) is 0 Å². The summed E-state index contributed by atoms with van der Waals surface area (Å²) in [6, 6.07) is 1.97. The molecule has 0 saturated carbocycles. The zero-order valence-corrected chi connectivity index (χ0v) is 9.66. The van der Waals surface area contributed by atoms with E-state index in [0.717, 1.165) is 12.1 Å². The number of nitrogens with zero attached hydrogens (tertiary/aromatic N) is 1. The summed E-state index contributed by atoms with van der Waals surface area (Å²) in [5.41, 5.74) is 5.05. The minimum atomic E-state index is -1.26. The number of nitrogens with two attached hydrogens (primary N) is 1. The van der Waals surface area contributed by atoms with Crippen LogP contribution in [0.2, 0.25) is 0 Å². The van der Waals surface area contributed by atoms with Crippen LogP contribution in [0.5, 0.6) is 5.75 Å². The molecule has 0 heterocycles. The summed E-state index contributed by atoms with van der Waals surface area (Å²) < 4.78 is 18.1. The molecule has 0 spiro atoms. The van der Waals surface area contributed by atoms with E-state index >= 15 is 0 Å². The van der Waals surface area contributed by atoms with Gasteiger partial charge in [-0.2, -0.15) is 0 Å². The van der Waals surface area contributed by atoms with Gasteiger partial charge in [0.1, 0.15) is 5.84 Å². The Morgan fingerprint density at radius 1 is 1.65 bits per heavy atom. The molecule has 0 radical (unpaired) electrons. The number of carbonyl (C=O) groups is 1. The second-order valence-electron chi connectivity index (χ2n) is 3.05. The number of halogens is 2. The molecule has 0 unspecified atom stereocenters. The molecule has 0 bridgehead atoms. The molecule has 5 nitrogen and oxygen atoms in total. The van der Waals surface area contributed by atoms with E-state index in [1.54, 1.807) is 0 Å². The molecule has 1 rings (SSSR count). The van der Waals surface area contributed by atoms with Crippen LogP contribution >= 0.6 is 11.6 Å². The van der Waals surface area contributed by atoms with Crippen LogP contribution < -0.4 is 10.5 Å². The van der Waals surface area contributed by atoms with E-state index in [2.05, 4.69) is 9.73 Å². The van der Waals surface area contributed by atoms with Crippen LogP contribution in [0.4, 0.5) is 10.1 Å². The van der Waals surface area contributed by atoms with Crippen molar-refractivity contribution in [2.75, 3.05) is 13.0 Å². The predicted octanol–water partition coefficient (Wildman–Crippen LogP) is 1.76. The van der Waals surface area contributed by atoms with Gasteiger partial charge in [0.05, 0.1) is 24.2 Å². The van der Waals surface area contributed by atoms with Gasteiger partial charge in [-0.05, 0) is 6.07 Å². The molecule has 0 aliphatic carbocycles. The number of ether oxygens (including phenoxy) is 1. The molecule has 0 saturated heterocycles. The molecule has 0 atom stereocenters. The number of hydrogen-bond acceptors (Lipinski definition) is 3. The summed E-state index contributed by atoms with van der Waals surface area (Å²) in [6.07, 6.45) is 0. The van der Waals surface area contributed by atoms with Gasteiger partial charge in [-0.1, -0.05) is 0 Å². The van der Waals surface area contributed by atoms with Gasteiger partial charge in [-0.3, -0.25) is 0 Å². The summed E-state index contributed by atoms with van der Waals surface area (Å²) >= 11 is 5.41. The number of amidine groups is 1. The number of benzene rings is 1. The van der Waals surface area contributed by atoms with Gasteiger partial charge in [0.15, 0.2) is 11.6 Å². The second kappa shape index (κ2) is 5.49. The first-order valence-electron chi connectivity index (χ1n) is 4.49. The van der Waals surface area contributed by atoms with E-state index in [4.69, 9.17) is 22.4 Å². The molecule has 92 valence electrons. The number of aromatic carboxylic acids is 1. The summed E-state index contributed by atoms with van der Waals surface area (Å²) in [5.74, 6) is -2.24. The zero-order valence-electron chi connectivity index (χ0n) is 8.91. The van der Waals surface area contributed by atoms with Crippen molar-refractivity contribution in [1.29, 1.82) is 0 Å². The first kappa shape index (κ1) is 13.2. The molecular formula is C10H10ClFN2O3. The third-order valence-corrected chi connectivity index (χ3v) is 2.18. The van der Waals surface area contributed by atoms with Crippen molar-refractivity contribution in [2.24, 2.45) is 10.7 Å². The third-order valence-electron chi connectivity index (χ3n) is 1.90. The van der Waals surface area contributed by atoms with Gasteiger partial charge in [0, 0.05) is 6.07 Å². The van der Waals surface area contributed by atoms with Crippen LogP contribution in [-0.4, -0.2) is 29.9 Å². The largest absolute Gasteiger partial charge is 0.494 e. The van der Waals surface area contributed by atoms with Crippen molar-refractivity contribution < 1.29 is 19.0 Å². The lowest BCUT2D eigenvalue weighted by Crippen LogP contribution is -2.13. The molecular weight excluding hydrogens is 251 g/mol. The first-order chi connectivity index (χ1) is 7.99. The third kappa shape index (κ3) is 3.07. The van der Waals surface area contributed by atoms with E-state index < -0.39 is 11.8 Å². The Kier molecular flexibility index (Phi) is 4.28. The van der Waals surface area contributed by atoms with Gasteiger partial charge < -0.3 is 15.6 Å². The van der Waals surface area contributed by atoms with E-state index in [1.807, 2.05) is 0 Å². The smallest absolute Gasteiger partial charge is 0.338 e. The topological polar surface area (TPSA) is 84.9 Å². The Bertz CT molecular complexity index is 477. The zero-order chi connectivity index (χ0) is 13.0. The number of hydrogen-bond donors (Lipinski definition) is 2. The highest BCUT2D eigenvalue weighted by atomic mass is 35.5. The molecule has 7 heteroatoms. The van der Waals surface area contributed by atoms with Gasteiger partial charge in [0.2, 0.25) is 0 Å². The molecule has 3 N–H and O–H groups in total. The Morgan fingerprint density at radius 3 is 2.76 bits per heavy atom. The molecule has 0 amide bonds. The standard InChI is InChI=1S/C10H10ClFN2O3/c1-17-8-2-5(10(15)16)7(3-6(8)12)14-9(13)4-11/h2-3H,4H2,1H3,(H2,13,14)(H,15,16). The highest BCUT2D eigenvalue weighted by molar-refractivity contribution is 6.28. The number of alkyl halides is 1. The van der Waals surface area contributed by atoms with E-state index in [9.17, 15) is 9.18 Å². The highest BCUT2D eigenvalue weighted by Crippen LogP contribution is 2.28. The van der Waals surface area contributed by atoms with Crippen molar-refractivity contribution in [2.45, 2.75) is 0 Å². The Morgan fingerprint density at radius 2 is 2.29 bits per heavy atom. The minimum absolute atomic E-state index is 0.00117. The van der Waals surface area contributed by atoms with E-state index in [-0.39, 0.29) is 28.7 Å². The Balaban J connectivity index is 3.38. The first-order valence-corrected chi connectivity index (χ1v) is 5.03. The number of methoxy groups -OCH3 is 1. The fourth-order valence-corrected chi connectivity index (χ4v) is 1.21. The lowest BCUT2D eigenvalue weighted by atomic mass is 10.1. The Hall–Kier alpha value is -1.82. The van der Waals surface area contributed by atoms with Gasteiger partial charge >= 0.3 is 5.97 Å². The summed E-state index contributed by atoms with van der Waals surface area (Å²) in [6.45, 7) is 0. The van der Waals surface area contributed by atoms with Crippen molar-refractivity contribution in [3.05, 3.63) is 23.5 Å². The number of aliphatic imine (C=N–C) groups is 1. The highest BCUT2D eigenvalue weighted by Gasteiger charge is 2.15. The van der Waals surface area contributed by atoms with Crippen LogP contribution in [-0.2, 0) is 0 Å². The normalized spacial score (nSPS) is 11.4. The van der Waals surface area contributed by atoms with Crippen LogP contribution in [0.25, 0.3) is 0 Å². The average Bonchev–Trinajstić information content (AvgIpc) is 2.28.